The first-order valence-corrected chi connectivity index (χ1v) is 10.0. The Bertz CT molecular complexity index is 1120. The van der Waals surface area contributed by atoms with Crippen molar-refractivity contribution >= 4 is 38.9 Å². The van der Waals surface area contributed by atoms with E-state index in [1.165, 1.54) is 30.2 Å². The van der Waals surface area contributed by atoms with Gasteiger partial charge in [0.25, 0.3) is 0 Å². The van der Waals surface area contributed by atoms with Crippen molar-refractivity contribution < 1.29 is 4.39 Å². The quantitative estimate of drug-likeness (QED) is 0.482. The number of aromatic nitrogens is 4. The summed E-state index contributed by atoms with van der Waals surface area (Å²) in [6.07, 6.45) is 6.30. The molecule has 2 aromatic heterocycles. The summed E-state index contributed by atoms with van der Waals surface area (Å²) >= 11 is 3.84. The Hall–Kier alpha value is -2.76. The van der Waals surface area contributed by atoms with Crippen LogP contribution in [0.4, 0.5) is 10.2 Å². The monoisotopic (exact) mass is 449 g/mol. The molecule has 0 saturated carbocycles. The van der Waals surface area contributed by atoms with Gasteiger partial charge in [-0.25, -0.2) is 4.98 Å². The summed E-state index contributed by atoms with van der Waals surface area (Å²) in [6, 6.07) is 12.9. The number of rotatable bonds is 4. The fraction of sp³-hybridized carbons (Fsp3) is 0. The molecule has 0 atom stereocenters. The second kappa shape index (κ2) is 8.08. The molecule has 28 heavy (non-hydrogen) atoms. The molecule has 0 aliphatic heterocycles. The number of hydrogen-bond acceptors (Lipinski definition) is 6. The molecule has 5 nitrogen and oxygen atoms in total. The van der Waals surface area contributed by atoms with Crippen molar-refractivity contribution in [2.75, 3.05) is 5.73 Å². The second-order valence-electron chi connectivity index (χ2n) is 5.83. The van der Waals surface area contributed by atoms with E-state index in [1.807, 2.05) is 30.3 Å². The maximum Gasteiger partial charge on any atom is 0.0557 e. The average Bonchev–Trinajstić information content (AvgIpc) is 2.71. The minimum Gasteiger partial charge on any atom is -0.236 e. The zero-order chi connectivity index (χ0) is 19.5. The molecule has 136 valence electrons. The van der Waals surface area contributed by atoms with Crippen LogP contribution >= 0.6 is 11.8 Å². The SMILES string of the molecule is Nc1cnc(-c2ccc(-c3ccccc3Sc3cnc([As])cn3)cc2F)cn1. The van der Waals surface area contributed by atoms with Gasteiger partial charge in [0.2, 0.25) is 0 Å². The van der Waals surface area contributed by atoms with Gasteiger partial charge in [0, 0.05) is 0 Å². The Kier molecular flexibility index (Phi) is 5.37. The van der Waals surface area contributed by atoms with Crippen molar-refractivity contribution in [3.05, 3.63) is 73.1 Å². The average molecular weight is 449 g/mol. The van der Waals surface area contributed by atoms with E-state index < -0.39 is 0 Å². The predicted molar refractivity (Wildman–Crippen MR) is 109 cm³/mol. The van der Waals surface area contributed by atoms with Gasteiger partial charge in [-0.3, -0.25) is 4.98 Å². The first kappa shape index (κ1) is 18.6. The summed E-state index contributed by atoms with van der Waals surface area (Å²) in [6.45, 7) is 0. The fourth-order valence-electron chi connectivity index (χ4n) is 2.64. The Morgan fingerprint density at radius 2 is 1.71 bits per heavy atom. The van der Waals surface area contributed by atoms with Gasteiger partial charge in [-0.1, -0.05) is 0 Å². The van der Waals surface area contributed by atoms with Crippen LogP contribution in [0.5, 0.6) is 0 Å². The van der Waals surface area contributed by atoms with Crippen LogP contribution in [0, 0.1) is 5.82 Å². The maximum absolute atomic E-state index is 14.8. The summed E-state index contributed by atoms with van der Waals surface area (Å²) in [5.41, 5.74) is 8.05. The van der Waals surface area contributed by atoms with E-state index in [0.717, 1.165) is 25.5 Å². The van der Waals surface area contributed by atoms with Gasteiger partial charge in [-0.2, -0.15) is 0 Å². The van der Waals surface area contributed by atoms with Crippen molar-refractivity contribution in [2.45, 2.75) is 9.92 Å². The van der Waals surface area contributed by atoms with Crippen LogP contribution < -0.4 is 10.2 Å². The normalized spacial score (nSPS) is 10.8. The maximum atomic E-state index is 14.8. The molecule has 0 saturated heterocycles. The van der Waals surface area contributed by atoms with Crippen LogP contribution in [-0.4, -0.2) is 36.8 Å². The van der Waals surface area contributed by atoms with Gasteiger partial charge < -0.3 is 5.73 Å². The smallest absolute Gasteiger partial charge is 0.0557 e. The van der Waals surface area contributed by atoms with Gasteiger partial charge in [0.15, 0.2) is 0 Å². The molecule has 0 aliphatic carbocycles. The van der Waals surface area contributed by atoms with E-state index in [4.69, 9.17) is 5.73 Å². The third-order valence-corrected chi connectivity index (χ3v) is 5.42. The summed E-state index contributed by atoms with van der Waals surface area (Å²) < 4.78 is 15.6. The minimum atomic E-state index is -0.371. The first-order valence-electron chi connectivity index (χ1n) is 8.26. The molecule has 2 heterocycles. The molecule has 8 heteroatoms. The summed E-state index contributed by atoms with van der Waals surface area (Å²) in [7, 11) is 0. The molecule has 0 fully saturated rings. The van der Waals surface area contributed by atoms with E-state index in [9.17, 15) is 4.39 Å². The van der Waals surface area contributed by atoms with E-state index in [-0.39, 0.29) is 5.82 Å². The molecule has 0 bridgehead atoms. The van der Waals surface area contributed by atoms with Gasteiger partial charge in [-0.15, -0.1) is 0 Å². The third kappa shape index (κ3) is 4.05. The largest absolute Gasteiger partial charge is 0.236 e. The predicted octanol–water partition coefficient (Wildman–Crippen LogP) is 3.27. The standard InChI is InChI=1S/C20H13AsFN5S/c21-18-9-27-20(11-25-18)28-17-4-2-1-3-13(17)12-5-6-14(15(22)7-12)16-8-26-19(23)10-24-16/h1-11H,(H2,23,26). The second-order valence-corrected chi connectivity index (χ2v) is 7.86. The molecule has 0 aliphatic rings. The topological polar surface area (TPSA) is 77.6 Å². The van der Waals surface area contributed by atoms with Crippen LogP contribution in [0.2, 0.25) is 0 Å². The third-order valence-electron chi connectivity index (χ3n) is 3.94. The van der Waals surface area contributed by atoms with Gasteiger partial charge in [-0.05, 0) is 0 Å². The van der Waals surface area contributed by atoms with Crippen LogP contribution in [0.3, 0.4) is 0 Å². The summed E-state index contributed by atoms with van der Waals surface area (Å²) in [4.78, 5) is 17.7. The van der Waals surface area contributed by atoms with Gasteiger partial charge in [0.05, 0.1) is 12.4 Å². The molecule has 2 N–H and O–H groups in total. The van der Waals surface area contributed by atoms with Gasteiger partial charge in [0.1, 0.15) is 5.82 Å². The molecule has 2 radical (unpaired) electrons. The molecular formula is C20H13AsFN5S. The van der Waals surface area contributed by atoms with E-state index in [2.05, 4.69) is 36.8 Å². The van der Waals surface area contributed by atoms with Crippen LogP contribution in [0.25, 0.3) is 22.4 Å². The number of nitrogen functional groups attached to an aromatic ring is 1. The van der Waals surface area contributed by atoms with Gasteiger partial charge >= 0.3 is 140 Å². The summed E-state index contributed by atoms with van der Waals surface area (Å²) in [5.74, 6) is -0.0749. The van der Waals surface area contributed by atoms with E-state index in [0.29, 0.717) is 17.1 Å². The Morgan fingerprint density at radius 1 is 0.857 bits per heavy atom. The molecule has 0 amide bonds. The van der Waals surface area contributed by atoms with Crippen LogP contribution in [0.15, 0.2) is 77.2 Å². The Morgan fingerprint density at radius 3 is 2.43 bits per heavy atom. The molecular weight excluding hydrogens is 436 g/mol. The number of benzene rings is 2. The van der Waals surface area contributed by atoms with Crippen LogP contribution in [0.1, 0.15) is 0 Å². The van der Waals surface area contributed by atoms with E-state index in [1.54, 1.807) is 18.5 Å². The van der Waals surface area contributed by atoms with Crippen molar-refractivity contribution in [1.82, 2.24) is 19.9 Å². The first-order chi connectivity index (χ1) is 13.6. The number of hydrogen-bond donors (Lipinski definition) is 1. The Balaban J connectivity index is 1.68. The van der Waals surface area contributed by atoms with E-state index >= 15 is 0 Å². The molecule has 4 aromatic rings. The van der Waals surface area contributed by atoms with Crippen molar-refractivity contribution in [1.29, 1.82) is 0 Å². The zero-order valence-electron chi connectivity index (χ0n) is 14.5. The molecule has 4 rings (SSSR count). The number of halogens is 1. The zero-order valence-corrected chi connectivity index (χ0v) is 17.1. The fourth-order valence-corrected chi connectivity index (χ4v) is 3.76. The number of nitrogens with zero attached hydrogens (tertiary/aromatic N) is 4. The van der Waals surface area contributed by atoms with Crippen molar-refractivity contribution in [3.8, 4) is 22.4 Å². The van der Waals surface area contributed by atoms with Crippen molar-refractivity contribution in [3.63, 3.8) is 0 Å². The number of nitrogens with two attached hydrogens (primary N) is 1. The minimum absolute atomic E-state index is 0.296. The van der Waals surface area contributed by atoms with Crippen LogP contribution in [-0.2, 0) is 0 Å². The number of anilines is 1. The Labute approximate surface area is 174 Å². The molecule has 0 spiro atoms. The molecule has 0 unspecified atom stereocenters. The molecule has 2 aromatic carbocycles. The van der Waals surface area contributed by atoms with Crippen molar-refractivity contribution in [2.24, 2.45) is 0 Å². The summed E-state index contributed by atoms with van der Waals surface area (Å²) in [5, 5.41) is 0.775.